The number of likely N-dealkylation sites (tertiary alicyclic amines) is 1. The summed E-state index contributed by atoms with van der Waals surface area (Å²) in [6.07, 6.45) is -3.07. The van der Waals surface area contributed by atoms with E-state index in [1.807, 2.05) is 0 Å². The van der Waals surface area contributed by atoms with E-state index in [9.17, 15) is 26.7 Å². The maximum absolute atomic E-state index is 12.8. The van der Waals surface area contributed by atoms with E-state index in [0.29, 0.717) is 25.8 Å². The van der Waals surface area contributed by atoms with Gasteiger partial charge in [-0.25, -0.2) is 4.79 Å². The fourth-order valence-corrected chi connectivity index (χ4v) is 2.92. The van der Waals surface area contributed by atoms with Gasteiger partial charge in [0.2, 0.25) is 0 Å². The van der Waals surface area contributed by atoms with E-state index in [1.165, 1.54) is 0 Å². The van der Waals surface area contributed by atoms with Crippen molar-refractivity contribution in [3.8, 4) is 0 Å². The number of hydrogen-bond acceptors (Lipinski definition) is 2. The molecule has 1 rings (SSSR count). The Labute approximate surface area is 145 Å². The molecular formula is C17H28F5NO2. The zero-order valence-electron chi connectivity index (χ0n) is 15.1. The van der Waals surface area contributed by atoms with Crippen LogP contribution in [0.1, 0.15) is 72.1 Å². The number of rotatable bonds is 7. The Bertz CT molecular complexity index is 432. The lowest BCUT2D eigenvalue weighted by Crippen LogP contribution is -2.39. The Morgan fingerprint density at radius 1 is 1.04 bits per heavy atom. The van der Waals surface area contributed by atoms with Crippen LogP contribution >= 0.6 is 0 Å². The first-order chi connectivity index (χ1) is 11.3. The Morgan fingerprint density at radius 2 is 1.64 bits per heavy atom. The Morgan fingerprint density at radius 3 is 2.20 bits per heavy atom. The molecule has 0 spiro atoms. The van der Waals surface area contributed by atoms with Gasteiger partial charge in [0.15, 0.2) is 0 Å². The molecule has 0 aromatic heterocycles. The number of halogens is 5. The van der Waals surface area contributed by atoms with Crippen LogP contribution in [0.3, 0.4) is 0 Å². The van der Waals surface area contributed by atoms with Gasteiger partial charge in [-0.05, 0) is 46.5 Å². The minimum absolute atomic E-state index is 0.0615. The van der Waals surface area contributed by atoms with Gasteiger partial charge in [0, 0.05) is 19.0 Å². The molecule has 3 nitrogen and oxygen atoms in total. The van der Waals surface area contributed by atoms with Gasteiger partial charge in [-0.2, -0.15) is 22.0 Å². The van der Waals surface area contributed by atoms with E-state index in [0.717, 1.165) is 19.3 Å². The molecule has 8 heteroatoms. The van der Waals surface area contributed by atoms with Gasteiger partial charge in [-0.15, -0.1) is 0 Å². The van der Waals surface area contributed by atoms with Crippen LogP contribution in [0.4, 0.5) is 26.7 Å². The number of carbonyl (C=O) groups excluding carboxylic acids is 1. The molecule has 1 saturated heterocycles. The Balaban J connectivity index is 2.26. The summed E-state index contributed by atoms with van der Waals surface area (Å²) in [6, 6.07) is 0.0615. The van der Waals surface area contributed by atoms with Crippen molar-refractivity contribution < 1.29 is 31.5 Å². The summed E-state index contributed by atoms with van der Waals surface area (Å²) in [5.74, 6) is -4.61. The van der Waals surface area contributed by atoms with E-state index in [2.05, 4.69) is 0 Å². The summed E-state index contributed by atoms with van der Waals surface area (Å²) in [6.45, 7) is 6.03. The molecule has 0 bridgehead atoms. The van der Waals surface area contributed by atoms with Gasteiger partial charge >= 0.3 is 18.2 Å². The van der Waals surface area contributed by atoms with Crippen LogP contribution in [0.2, 0.25) is 0 Å². The molecule has 25 heavy (non-hydrogen) atoms. The lowest BCUT2D eigenvalue weighted by Gasteiger charge is -2.28. The number of amides is 1. The number of nitrogens with zero attached hydrogens (tertiary/aromatic N) is 1. The Hall–Kier alpha value is -1.08. The van der Waals surface area contributed by atoms with Crippen molar-refractivity contribution in [2.45, 2.75) is 95.9 Å². The molecule has 0 N–H and O–H groups in total. The molecule has 1 amide bonds. The maximum atomic E-state index is 12.8. The molecular weight excluding hydrogens is 345 g/mol. The second kappa shape index (κ2) is 8.54. The van der Waals surface area contributed by atoms with Gasteiger partial charge in [-0.1, -0.05) is 19.3 Å². The summed E-state index contributed by atoms with van der Waals surface area (Å²) >= 11 is 0. The molecule has 0 aromatic carbocycles. The molecule has 1 heterocycles. The van der Waals surface area contributed by atoms with Crippen LogP contribution < -0.4 is 0 Å². The van der Waals surface area contributed by atoms with Crippen molar-refractivity contribution >= 4 is 6.09 Å². The third kappa shape index (κ3) is 7.36. The standard InChI is InChI=1S/C17H28F5NO2/c1-15(2,3)25-14(24)23-12-8-10-13(23)9-6-4-5-7-11-16(18,19)17(20,21)22/h13H,4-12H2,1-3H3/t13-/m1/s1. The molecule has 1 atom stereocenters. The van der Waals surface area contributed by atoms with Gasteiger partial charge in [0.05, 0.1) is 0 Å². The van der Waals surface area contributed by atoms with Crippen molar-refractivity contribution in [2.24, 2.45) is 0 Å². The van der Waals surface area contributed by atoms with E-state index < -0.39 is 24.1 Å². The largest absolute Gasteiger partial charge is 0.453 e. The monoisotopic (exact) mass is 373 g/mol. The van der Waals surface area contributed by atoms with Gasteiger partial charge in [0.25, 0.3) is 0 Å². The average Bonchev–Trinajstić information content (AvgIpc) is 2.87. The van der Waals surface area contributed by atoms with Gasteiger partial charge in [0.1, 0.15) is 5.60 Å². The third-order valence-corrected chi connectivity index (χ3v) is 4.20. The predicted molar refractivity (Wildman–Crippen MR) is 84.7 cm³/mol. The summed E-state index contributed by atoms with van der Waals surface area (Å²) in [4.78, 5) is 13.8. The minimum Gasteiger partial charge on any atom is -0.444 e. The maximum Gasteiger partial charge on any atom is 0.453 e. The molecule has 0 aliphatic carbocycles. The number of alkyl halides is 5. The predicted octanol–water partition coefficient (Wildman–Crippen LogP) is 5.92. The second-order valence-electron chi connectivity index (χ2n) is 7.62. The van der Waals surface area contributed by atoms with Crippen LogP contribution in [0.25, 0.3) is 0 Å². The van der Waals surface area contributed by atoms with Crippen LogP contribution in [0.5, 0.6) is 0 Å². The van der Waals surface area contributed by atoms with E-state index in [4.69, 9.17) is 4.74 Å². The number of unbranched alkanes of at least 4 members (excludes halogenated alkanes) is 3. The van der Waals surface area contributed by atoms with Crippen molar-refractivity contribution in [1.82, 2.24) is 4.90 Å². The van der Waals surface area contributed by atoms with Crippen LogP contribution in [-0.2, 0) is 4.74 Å². The van der Waals surface area contributed by atoms with Crippen LogP contribution in [0, 0.1) is 0 Å². The van der Waals surface area contributed by atoms with E-state index in [-0.39, 0.29) is 18.6 Å². The lowest BCUT2D eigenvalue weighted by atomic mass is 10.0. The fourth-order valence-electron chi connectivity index (χ4n) is 2.92. The Kier molecular flexibility index (Phi) is 7.50. The average molecular weight is 373 g/mol. The normalized spacial score (nSPS) is 19.4. The van der Waals surface area contributed by atoms with Crippen molar-refractivity contribution in [3.05, 3.63) is 0 Å². The first-order valence-corrected chi connectivity index (χ1v) is 8.78. The zero-order valence-corrected chi connectivity index (χ0v) is 15.1. The smallest absolute Gasteiger partial charge is 0.444 e. The summed E-state index contributed by atoms with van der Waals surface area (Å²) in [5, 5.41) is 0. The SMILES string of the molecule is CC(C)(C)OC(=O)N1CCC[C@H]1CCCCCCC(F)(F)C(F)(F)F. The fraction of sp³-hybridized carbons (Fsp3) is 0.941. The highest BCUT2D eigenvalue weighted by Crippen LogP contribution is 2.39. The first kappa shape index (κ1) is 22.0. The molecule has 1 fully saturated rings. The molecule has 1 aliphatic heterocycles. The number of hydrogen-bond donors (Lipinski definition) is 0. The number of ether oxygens (including phenoxy) is 1. The summed E-state index contributed by atoms with van der Waals surface area (Å²) < 4.78 is 67.1. The molecule has 0 radical (unpaired) electrons. The van der Waals surface area contributed by atoms with E-state index >= 15 is 0 Å². The highest BCUT2D eigenvalue weighted by molar-refractivity contribution is 5.68. The second-order valence-corrected chi connectivity index (χ2v) is 7.62. The van der Waals surface area contributed by atoms with Crippen molar-refractivity contribution in [2.75, 3.05) is 6.54 Å². The molecule has 0 aromatic rings. The zero-order chi connectivity index (χ0) is 19.3. The molecule has 0 saturated carbocycles. The highest BCUT2D eigenvalue weighted by atomic mass is 19.4. The molecule has 0 unspecified atom stereocenters. The van der Waals surface area contributed by atoms with Crippen molar-refractivity contribution in [1.29, 1.82) is 0 Å². The summed E-state index contributed by atoms with van der Waals surface area (Å²) in [5.41, 5.74) is -0.562. The molecule has 1 aliphatic rings. The van der Waals surface area contributed by atoms with Crippen LogP contribution in [-0.4, -0.2) is 41.3 Å². The lowest BCUT2D eigenvalue weighted by molar-refractivity contribution is -0.284. The number of carbonyl (C=O) groups is 1. The highest BCUT2D eigenvalue weighted by Gasteiger charge is 2.56. The minimum atomic E-state index is -5.47. The molecule has 148 valence electrons. The van der Waals surface area contributed by atoms with Gasteiger partial charge < -0.3 is 9.64 Å². The topological polar surface area (TPSA) is 29.5 Å². The summed E-state index contributed by atoms with van der Waals surface area (Å²) in [7, 11) is 0. The van der Waals surface area contributed by atoms with Crippen LogP contribution in [0.15, 0.2) is 0 Å². The van der Waals surface area contributed by atoms with E-state index in [1.54, 1.807) is 25.7 Å². The quantitative estimate of drug-likeness (QED) is 0.409. The van der Waals surface area contributed by atoms with Crippen molar-refractivity contribution in [3.63, 3.8) is 0 Å². The third-order valence-electron chi connectivity index (χ3n) is 4.20. The first-order valence-electron chi connectivity index (χ1n) is 8.78. The van der Waals surface area contributed by atoms with Gasteiger partial charge in [-0.3, -0.25) is 0 Å².